The van der Waals surface area contributed by atoms with Crippen LogP contribution in [0.1, 0.15) is 18.3 Å². The van der Waals surface area contributed by atoms with Gasteiger partial charge in [-0.05, 0) is 37.3 Å². The summed E-state index contributed by atoms with van der Waals surface area (Å²) in [5.74, 6) is 0. The van der Waals surface area contributed by atoms with E-state index < -0.39 is 17.5 Å². The molecule has 0 saturated carbocycles. The molecule has 1 N–H and O–H groups in total. The number of ether oxygens (including phenoxy) is 3. The summed E-state index contributed by atoms with van der Waals surface area (Å²) in [7, 11) is 7.17. The Morgan fingerprint density at radius 2 is 1.76 bits per heavy atom. The van der Waals surface area contributed by atoms with E-state index in [2.05, 4.69) is 39.4 Å². The molecule has 4 heterocycles. The van der Waals surface area contributed by atoms with Gasteiger partial charge < -0.3 is 19.1 Å². The van der Waals surface area contributed by atoms with Crippen molar-refractivity contribution in [3.8, 4) is 22.4 Å². The molecule has 1 aliphatic rings. The van der Waals surface area contributed by atoms with Crippen LogP contribution in [-0.4, -0.2) is 71.9 Å². The topological polar surface area (TPSA) is 124 Å². The van der Waals surface area contributed by atoms with E-state index in [1.165, 1.54) is 10.8 Å². The highest BCUT2D eigenvalue weighted by atomic mass is 16.6. The fourth-order valence-electron chi connectivity index (χ4n) is 5.47. The molecule has 6 rings (SSSR count). The second-order valence-corrected chi connectivity index (χ2v) is 10.7. The highest BCUT2D eigenvalue weighted by Gasteiger charge is 2.37. The van der Waals surface area contributed by atoms with Gasteiger partial charge in [-0.1, -0.05) is 18.2 Å². The number of rotatable bonds is 7. The first-order valence-corrected chi connectivity index (χ1v) is 13.7. The first kappa shape index (κ1) is 27.7. The number of nitrogens with zero attached hydrogens (tertiary/aromatic N) is 5. The van der Waals surface area contributed by atoms with Gasteiger partial charge in [-0.15, -0.1) is 5.10 Å². The molecule has 216 valence electrons. The van der Waals surface area contributed by atoms with Crippen LogP contribution < -0.4 is 16.1 Å². The third-order valence-corrected chi connectivity index (χ3v) is 7.68. The zero-order valence-electron chi connectivity index (χ0n) is 24.1. The van der Waals surface area contributed by atoms with Crippen LogP contribution in [0.5, 0.6) is 0 Å². The monoisotopic (exact) mass is 568 g/mol. The number of fused-ring (bicyclic) bond motifs is 2. The molecular weight excluding hydrogens is 536 g/mol. The van der Waals surface area contributed by atoms with Crippen molar-refractivity contribution in [2.75, 3.05) is 39.8 Å². The summed E-state index contributed by atoms with van der Waals surface area (Å²) in [4.78, 5) is 35.6. The van der Waals surface area contributed by atoms with Crippen LogP contribution in [0.25, 0.3) is 44.2 Å². The Morgan fingerprint density at radius 1 is 1.00 bits per heavy atom. The van der Waals surface area contributed by atoms with E-state index in [1.54, 1.807) is 27.2 Å². The van der Waals surface area contributed by atoms with Gasteiger partial charge in [-0.2, -0.15) is 5.10 Å². The zero-order chi connectivity index (χ0) is 29.5. The maximum Gasteiger partial charge on any atom is 0.330 e. The number of methoxy groups -OCH3 is 2. The van der Waals surface area contributed by atoms with Crippen molar-refractivity contribution in [1.82, 2.24) is 24.7 Å². The van der Waals surface area contributed by atoms with Crippen molar-refractivity contribution >= 4 is 27.5 Å². The van der Waals surface area contributed by atoms with E-state index in [1.807, 2.05) is 37.2 Å². The highest BCUT2D eigenvalue weighted by molar-refractivity contribution is 5.96. The number of aromatic nitrogens is 5. The minimum absolute atomic E-state index is 0.257. The van der Waals surface area contributed by atoms with Gasteiger partial charge in [0.15, 0.2) is 0 Å². The molecule has 0 amide bonds. The quantitative estimate of drug-likeness (QED) is 0.293. The molecule has 0 spiro atoms. The van der Waals surface area contributed by atoms with Crippen molar-refractivity contribution in [2.45, 2.75) is 31.8 Å². The summed E-state index contributed by atoms with van der Waals surface area (Å²) in [5.41, 5.74) is 4.32. The maximum atomic E-state index is 13.2. The van der Waals surface area contributed by atoms with Crippen molar-refractivity contribution in [3.05, 3.63) is 81.3 Å². The number of aromatic amines is 1. The Bertz CT molecular complexity index is 1920. The lowest BCUT2D eigenvalue weighted by Crippen LogP contribution is -2.33. The average molecular weight is 569 g/mol. The van der Waals surface area contributed by atoms with Gasteiger partial charge in [0.05, 0.1) is 35.0 Å². The Hall–Kier alpha value is -4.45. The number of benzene rings is 2. The predicted molar refractivity (Wildman–Crippen MR) is 161 cm³/mol. The third kappa shape index (κ3) is 5.06. The smallest absolute Gasteiger partial charge is 0.330 e. The molecule has 11 heteroatoms. The Morgan fingerprint density at radius 3 is 2.50 bits per heavy atom. The van der Waals surface area contributed by atoms with E-state index in [0.717, 1.165) is 33.1 Å². The highest BCUT2D eigenvalue weighted by Crippen LogP contribution is 2.34. The van der Waals surface area contributed by atoms with E-state index in [0.29, 0.717) is 30.0 Å². The molecule has 42 heavy (non-hydrogen) atoms. The largest absolute Gasteiger partial charge is 0.382 e. The summed E-state index contributed by atoms with van der Waals surface area (Å²) >= 11 is 0. The Labute approximate surface area is 241 Å². The van der Waals surface area contributed by atoms with Gasteiger partial charge in [0.25, 0.3) is 5.56 Å². The standard InChI is InChI=1S/C31H32N6O5/c1-17-10-22(23-15-37(31(39)33-30(23)38)28-14-26(41-5)27(42-28)16-40-4)29(35-34-17)20-7-6-18-11-19-8-9-21(36(2)3)13-25(19)32-24(18)12-20/h6-13,15,26-28H,14,16H2,1-5H3,(H,33,38,39)/t26-,27+,28+/m0/s1. The second kappa shape index (κ2) is 11.1. The summed E-state index contributed by atoms with van der Waals surface area (Å²) < 4.78 is 18.3. The molecule has 3 atom stereocenters. The second-order valence-electron chi connectivity index (χ2n) is 10.7. The lowest BCUT2D eigenvalue weighted by Gasteiger charge is -2.17. The number of hydrogen-bond acceptors (Lipinski definition) is 9. The van der Waals surface area contributed by atoms with E-state index in [9.17, 15) is 9.59 Å². The lowest BCUT2D eigenvalue weighted by molar-refractivity contribution is -0.0617. The molecule has 0 aliphatic carbocycles. The van der Waals surface area contributed by atoms with E-state index >= 15 is 0 Å². The van der Waals surface area contributed by atoms with Crippen LogP contribution in [0, 0.1) is 6.92 Å². The number of anilines is 1. The first-order valence-electron chi connectivity index (χ1n) is 13.7. The summed E-state index contributed by atoms with van der Waals surface area (Å²) in [5, 5.41) is 10.8. The molecule has 2 aromatic carbocycles. The predicted octanol–water partition coefficient (Wildman–Crippen LogP) is 3.69. The van der Waals surface area contributed by atoms with Gasteiger partial charge in [0.2, 0.25) is 0 Å². The molecule has 3 aromatic heterocycles. The van der Waals surface area contributed by atoms with Crippen molar-refractivity contribution < 1.29 is 14.2 Å². The number of pyridine rings is 1. The van der Waals surface area contributed by atoms with Crippen LogP contribution in [0.3, 0.4) is 0 Å². The number of H-pyrrole nitrogens is 1. The van der Waals surface area contributed by atoms with Crippen LogP contribution in [0.15, 0.2) is 64.3 Å². The molecule has 1 fully saturated rings. The average Bonchev–Trinajstić information content (AvgIpc) is 3.38. The normalized spacial score (nSPS) is 18.6. The fraction of sp³-hybridized carbons (Fsp3) is 0.323. The molecule has 5 aromatic rings. The van der Waals surface area contributed by atoms with Gasteiger partial charge in [0, 0.05) is 68.5 Å². The van der Waals surface area contributed by atoms with Gasteiger partial charge in [0.1, 0.15) is 18.0 Å². The molecule has 0 radical (unpaired) electrons. The number of hydrogen-bond donors (Lipinski definition) is 1. The molecular formula is C31H32N6O5. The van der Waals surface area contributed by atoms with E-state index in [-0.39, 0.29) is 17.8 Å². The van der Waals surface area contributed by atoms with Crippen molar-refractivity contribution in [3.63, 3.8) is 0 Å². The molecule has 0 unspecified atom stereocenters. The molecule has 11 nitrogen and oxygen atoms in total. The minimum Gasteiger partial charge on any atom is -0.382 e. The minimum atomic E-state index is -0.636. The molecule has 0 bridgehead atoms. The lowest BCUT2D eigenvalue weighted by atomic mass is 9.99. The number of nitrogens with one attached hydrogen (secondary N) is 1. The van der Waals surface area contributed by atoms with Crippen LogP contribution in [-0.2, 0) is 14.2 Å². The Balaban J connectivity index is 1.46. The van der Waals surface area contributed by atoms with Crippen LogP contribution in [0.2, 0.25) is 0 Å². The Kier molecular flexibility index (Phi) is 7.31. The summed E-state index contributed by atoms with van der Waals surface area (Å²) in [6.45, 7) is 2.12. The van der Waals surface area contributed by atoms with Crippen molar-refractivity contribution in [1.29, 1.82) is 0 Å². The maximum absolute atomic E-state index is 13.2. The first-order chi connectivity index (χ1) is 20.2. The van der Waals surface area contributed by atoms with Gasteiger partial charge >= 0.3 is 5.69 Å². The fourth-order valence-corrected chi connectivity index (χ4v) is 5.47. The molecule has 1 saturated heterocycles. The summed E-state index contributed by atoms with van der Waals surface area (Å²) in [6, 6.07) is 16.0. The molecule has 1 aliphatic heterocycles. The number of aryl methyl sites for hydroxylation is 1. The van der Waals surface area contributed by atoms with Gasteiger partial charge in [-0.25, -0.2) is 9.78 Å². The third-order valence-electron chi connectivity index (χ3n) is 7.68. The van der Waals surface area contributed by atoms with Crippen LogP contribution >= 0.6 is 0 Å². The zero-order valence-corrected chi connectivity index (χ0v) is 24.1. The van der Waals surface area contributed by atoms with Gasteiger partial charge in [-0.3, -0.25) is 14.3 Å². The SMILES string of the molecule is COC[C@H]1O[C@@H](n2cc(-c3cc(C)nnc3-c3ccc4cc5ccc(N(C)C)cc5nc4c3)c(=O)[nH]c2=O)C[C@@H]1OC. The van der Waals surface area contributed by atoms with Crippen molar-refractivity contribution in [2.24, 2.45) is 0 Å². The summed E-state index contributed by atoms with van der Waals surface area (Å²) in [6.07, 6.45) is 0.720. The van der Waals surface area contributed by atoms with E-state index in [4.69, 9.17) is 19.2 Å². The van der Waals surface area contributed by atoms with Crippen LogP contribution in [0.4, 0.5) is 5.69 Å².